The molecule has 2 saturated heterocycles. The molecule has 4 rings (SSSR count). The van der Waals surface area contributed by atoms with Gasteiger partial charge in [0.1, 0.15) is 0 Å². The number of carbonyl (C=O) groups excluding carboxylic acids is 1. The standard InChI is InChI=1S/C19H25NO2/c1-13-17-11-14-5-3-4-6-16(14)19(13,2)8-9-20(17)18(21)15-7-10-22-12-15/h3-6,13,15,17H,7-12H2,1-2H3/t13?,15?,17?,19-/m0/s1. The van der Waals surface area contributed by atoms with Crippen LogP contribution in [0, 0.1) is 11.8 Å². The van der Waals surface area contributed by atoms with Crippen molar-refractivity contribution in [2.24, 2.45) is 11.8 Å². The molecular formula is C19H25NO2. The normalized spacial score (nSPS) is 37.0. The van der Waals surface area contributed by atoms with Crippen LogP contribution in [0.5, 0.6) is 0 Å². The van der Waals surface area contributed by atoms with Crippen molar-refractivity contribution in [3.05, 3.63) is 35.4 Å². The maximum Gasteiger partial charge on any atom is 0.228 e. The number of rotatable bonds is 1. The zero-order valence-electron chi connectivity index (χ0n) is 13.5. The van der Waals surface area contributed by atoms with E-state index >= 15 is 0 Å². The molecule has 0 radical (unpaired) electrons. The molecule has 1 aliphatic carbocycles. The van der Waals surface area contributed by atoms with Crippen LogP contribution in [0.1, 0.15) is 37.8 Å². The molecule has 2 fully saturated rings. The summed E-state index contributed by atoms with van der Waals surface area (Å²) < 4.78 is 5.43. The van der Waals surface area contributed by atoms with Gasteiger partial charge in [0.15, 0.2) is 0 Å². The van der Waals surface area contributed by atoms with E-state index in [2.05, 4.69) is 43.0 Å². The lowest BCUT2D eigenvalue weighted by Gasteiger charge is -2.55. The number of piperidine rings is 1. The number of hydrogen-bond donors (Lipinski definition) is 0. The molecule has 4 atom stereocenters. The molecule has 1 amide bonds. The highest BCUT2D eigenvalue weighted by Gasteiger charge is 2.50. The maximum absolute atomic E-state index is 12.9. The van der Waals surface area contributed by atoms with Gasteiger partial charge in [-0.05, 0) is 41.7 Å². The minimum Gasteiger partial charge on any atom is -0.381 e. The second kappa shape index (κ2) is 5.09. The number of ether oxygens (including phenoxy) is 1. The van der Waals surface area contributed by atoms with Crippen LogP contribution in [-0.4, -0.2) is 36.6 Å². The van der Waals surface area contributed by atoms with Crippen molar-refractivity contribution in [1.82, 2.24) is 4.90 Å². The van der Waals surface area contributed by atoms with Crippen LogP contribution in [0.15, 0.2) is 24.3 Å². The number of nitrogens with zero attached hydrogens (tertiary/aromatic N) is 1. The third-order valence-electron chi connectivity index (χ3n) is 6.48. The second-order valence-electron chi connectivity index (χ2n) is 7.48. The van der Waals surface area contributed by atoms with Crippen LogP contribution < -0.4 is 0 Å². The number of fused-ring (bicyclic) bond motifs is 4. The first-order valence-corrected chi connectivity index (χ1v) is 8.58. The van der Waals surface area contributed by atoms with Gasteiger partial charge in [-0.3, -0.25) is 4.79 Å². The summed E-state index contributed by atoms with van der Waals surface area (Å²) in [5.41, 5.74) is 3.16. The number of amides is 1. The first-order chi connectivity index (χ1) is 10.6. The monoisotopic (exact) mass is 299 g/mol. The number of hydrogen-bond acceptors (Lipinski definition) is 2. The van der Waals surface area contributed by atoms with Gasteiger partial charge in [-0.25, -0.2) is 0 Å². The Labute approximate surface area is 132 Å². The summed E-state index contributed by atoms with van der Waals surface area (Å²) in [4.78, 5) is 15.1. The van der Waals surface area contributed by atoms with E-state index in [-0.39, 0.29) is 11.3 Å². The summed E-state index contributed by atoms with van der Waals surface area (Å²) in [6.07, 6.45) is 2.97. The lowest BCUT2D eigenvalue weighted by Crippen LogP contribution is -2.60. The summed E-state index contributed by atoms with van der Waals surface area (Å²) >= 11 is 0. The lowest BCUT2D eigenvalue weighted by atomic mass is 9.59. The Kier molecular flexibility index (Phi) is 3.30. The van der Waals surface area contributed by atoms with Gasteiger partial charge < -0.3 is 9.64 Å². The van der Waals surface area contributed by atoms with E-state index in [1.54, 1.807) is 0 Å². The molecule has 3 nitrogen and oxygen atoms in total. The van der Waals surface area contributed by atoms with Gasteiger partial charge in [-0.1, -0.05) is 38.1 Å². The van der Waals surface area contributed by atoms with E-state index in [9.17, 15) is 4.79 Å². The Bertz CT molecular complexity index is 593. The van der Waals surface area contributed by atoms with Gasteiger partial charge >= 0.3 is 0 Å². The van der Waals surface area contributed by atoms with Gasteiger partial charge in [0, 0.05) is 19.2 Å². The second-order valence-corrected chi connectivity index (χ2v) is 7.48. The molecule has 1 aromatic rings. The molecule has 2 heterocycles. The van der Waals surface area contributed by atoms with E-state index in [1.807, 2.05) is 0 Å². The topological polar surface area (TPSA) is 29.5 Å². The third kappa shape index (κ3) is 1.95. The SMILES string of the molecule is CC1C2Cc3ccccc3[C@@]1(C)CCN2C(=O)C1CCOC1. The van der Waals surface area contributed by atoms with Crippen LogP contribution in [0.4, 0.5) is 0 Å². The highest BCUT2D eigenvalue weighted by Crippen LogP contribution is 2.48. The Hall–Kier alpha value is -1.35. The zero-order valence-corrected chi connectivity index (χ0v) is 13.5. The van der Waals surface area contributed by atoms with E-state index < -0.39 is 0 Å². The van der Waals surface area contributed by atoms with E-state index in [0.29, 0.717) is 24.5 Å². The number of carbonyl (C=O) groups is 1. The smallest absolute Gasteiger partial charge is 0.228 e. The summed E-state index contributed by atoms with van der Waals surface area (Å²) in [5, 5.41) is 0. The molecule has 22 heavy (non-hydrogen) atoms. The average Bonchev–Trinajstić information content (AvgIpc) is 3.05. The molecule has 3 unspecified atom stereocenters. The lowest BCUT2D eigenvalue weighted by molar-refractivity contribution is -0.143. The van der Waals surface area contributed by atoms with E-state index in [1.165, 1.54) is 11.1 Å². The van der Waals surface area contributed by atoms with Crippen LogP contribution in [0.2, 0.25) is 0 Å². The van der Waals surface area contributed by atoms with Crippen LogP contribution in [0.3, 0.4) is 0 Å². The molecule has 2 aliphatic heterocycles. The fraction of sp³-hybridized carbons (Fsp3) is 0.632. The Morgan fingerprint density at radius 3 is 2.95 bits per heavy atom. The summed E-state index contributed by atoms with van der Waals surface area (Å²) in [6.45, 7) is 6.98. The molecule has 0 aromatic heterocycles. The predicted octanol–water partition coefficient (Wildman–Crippen LogP) is 2.77. The van der Waals surface area contributed by atoms with Crippen molar-refractivity contribution >= 4 is 5.91 Å². The number of likely N-dealkylation sites (tertiary alicyclic amines) is 1. The highest BCUT2D eigenvalue weighted by atomic mass is 16.5. The largest absolute Gasteiger partial charge is 0.381 e. The highest BCUT2D eigenvalue weighted by molar-refractivity contribution is 5.80. The summed E-state index contributed by atoms with van der Waals surface area (Å²) in [6, 6.07) is 9.18. The minimum atomic E-state index is 0.0914. The van der Waals surface area contributed by atoms with Gasteiger partial charge in [0.05, 0.1) is 12.5 Å². The average molecular weight is 299 g/mol. The predicted molar refractivity (Wildman–Crippen MR) is 85.7 cm³/mol. The Morgan fingerprint density at radius 2 is 2.18 bits per heavy atom. The molecule has 118 valence electrons. The van der Waals surface area contributed by atoms with Crippen molar-refractivity contribution in [3.8, 4) is 0 Å². The van der Waals surface area contributed by atoms with E-state index in [4.69, 9.17) is 4.74 Å². The van der Waals surface area contributed by atoms with Gasteiger partial charge in [0.2, 0.25) is 5.91 Å². The van der Waals surface area contributed by atoms with Crippen molar-refractivity contribution < 1.29 is 9.53 Å². The molecule has 0 spiro atoms. The first kappa shape index (κ1) is 14.3. The van der Waals surface area contributed by atoms with Crippen LogP contribution >= 0.6 is 0 Å². The zero-order chi connectivity index (χ0) is 15.3. The number of benzene rings is 1. The van der Waals surface area contributed by atoms with Gasteiger partial charge in [-0.2, -0.15) is 0 Å². The van der Waals surface area contributed by atoms with Gasteiger partial charge in [0.25, 0.3) is 0 Å². The fourth-order valence-corrected chi connectivity index (χ4v) is 4.83. The third-order valence-corrected chi connectivity index (χ3v) is 6.48. The fourth-order valence-electron chi connectivity index (χ4n) is 4.83. The quantitative estimate of drug-likeness (QED) is 0.798. The van der Waals surface area contributed by atoms with Crippen molar-refractivity contribution in [3.63, 3.8) is 0 Å². The van der Waals surface area contributed by atoms with Crippen LogP contribution in [0.25, 0.3) is 0 Å². The summed E-state index contributed by atoms with van der Waals surface area (Å²) in [5.74, 6) is 0.937. The van der Waals surface area contributed by atoms with Crippen molar-refractivity contribution in [2.75, 3.05) is 19.8 Å². The van der Waals surface area contributed by atoms with Crippen molar-refractivity contribution in [2.45, 2.75) is 44.6 Å². The molecule has 0 N–H and O–H groups in total. The molecule has 3 heteroatoms. The maximum atomic E-state index is 12.9. The van der Waals surface area contributed by atoms with E-state index in [0.717, 1.165) is 32.4 Å². The molecule has 1 aromatic carbocycles. The van der Waals surface area contributed by atoms with Gasteiger partial charge in [-0.15, -0.1) is 0 Å². The Morgan fingerprint density at radius 1 is 1.36 bits per heavy atom. The minimum absolute atomic E-state index is 0.0914. The molecular weight excluding hydrogens is 274 g/mol. The molecule has 3 aliphatic rings. The van der Waals surface area contributed by atoms with Crippen molar-refractivity contribution in [1.29, 1.82) is 0 Å². The van der Waals surface area contributed by atoms with Crippen LogP contribution in [-0.2, 0) is 21.4 Å². The first-order valence-electron chi connectivity index (χ1n) is 8.58. The molecule has 2 bridgehead atoms. The summed E-state index contributed by atoms with van der Waals surface area (Å²) in [7, 11) is 0. The Balaban J connectivity index is 1.67. The molecule has 0 saturated carbocycles.